The first kappa shape index (κ1) is 20.1. The molecule has 0 spiro atoms. The molecule has 27 heavy (non-hydrogen) atoms. The fourth-order valence-electron chi connectivity index (χ4n) is 3.59. The van der Waals surface area contributed by atoms with E-state index in [9.17, 15) is 13.2 Å². The van der Waals surface area contributed by atoms with Crippen LogP contribution in [-0.2, 0) is 10.0 Å². The van der Waals surface area contributed by atoms with Crippen LogP contribution in [0.2, 0.25) is 0 Å². The Balaban J connectivity index is 1.97. The van der Waals surface area contributed by atoms with Gasteiger partial charge in [-0.15, -0.1) is 0 Å². The first-order valence-corrected chi connectivity index (χ1v) is 11.5. The zero-order valence-electron chi connectivity index (χ0n) is 16.6. The van der Waals surface area contributed by atoms with E-state index in [1.807, 2.05) is 19.9 Å². The van der Waals surface area contributed by atoms with E-state index in [1.54, 1.807) is 12.1 Å². The molecule has 1 aromatic carbocycles. The van der Waals surface area contributed by atoms with Crippen LogP contribution in [0.1, 0.15) is 56.8 Å². The molecule has 6 nitrogen and oxygen atoms in total. The lowest BCUT2D eigenvalue weighted by molar-refractivity contribution is 0.0951. The molecule has 3 rings (SSSR count). The molecule has 1 saturated carbocycles. The Labute approximate surface area is 163 Å². The number of carbonyl (C=O) groups is 1. The predicted molar refractivity (Wildman–Crippen MR) is 108 cm³/mol. The summed E-state index contributed by atoms with van der Waals surface area (Å²) in [4.78, 5) is 15.3. The van der Waals surface area contributed by atoms with Crippen LogP contribution in [0.4, 0.5) is 5.69 Å². The van der Waals surface area contributed by atoms with Crippen LogP contribution in [0.25, 0.3) is 0 Å². The molecule has 0 bridgehead atoms. The molecule has 1 N–H and O–H groups in total. The Hall–Kier alpha value is -1.60. The topological polar surface area (TPSA) is 69.7 Å². The Morgan fingerprint density at radius 2 is 1.78 bits per heavy atom. The van der Waals surface area contributed by atoms with E-state index in [0.717, 1.165) is 44.5 Å². The van der Waals surface area contributed by atoms with Gasteiger partial charge in [-0.25, -0.2) is 8.42 Å². The van der Waals surface area contributed by atoms with Gasteiger partial charge in [-0.3, -0.25) is 4.79 Å². The molecule has 7 heteroatoms. The number of hydrogen-bond acceptors (Lipinski definition) is 4. The number of nitrogens with one attached hydrogen (secondary N) is 1. The summed E-state index contributed by atoms with van der Waals surface area (Å²) in [5.74, 6) is 0.523. The van der Waals surface area contributed by atoms with Crippen molar-refractivity contribution in [1.29, 1.82) is 0 Å². The summed E-state index contributed by atoms with van der Waals surface area (Å²) in [6.45, 7) is 8.51. The van der Waals surface area contributed by atoms with Crippen LogP contribution >= 0.6 is 0 Å². The zero-order chi connectivity index (χ0) is 19.6. The van der Waals surface area contributed by atoms with Crippen molar-refractivity contribution in [2.45, 2.75) is 57.4 Å². The highest BCUT2D eigenvalue weighted by atomic mass is 32.2. The van der Waals surface area contributed by atoms with Gasteiger partial charge in [0.2, 0.25) is 10.0 Å². The normalized spacial score (nSPS) is 18.7. The van der Waals surface area contributed by atoms with Gasteiger partial charge in [-0.1, -0.05) is 20.8 Å². The number of sulfonamides is 1. The van der Waals surface area contributed by atoms with E-state index in [0.29, 0.717) is 24.6 Å². The molecule has 1 amide bonds. The second-order valence-electron chi connectivity index (χ2n) is 7.69. The van der Waals surface area contributed by atoms with Crippen LogP contribution in [-0.4, -0.2) is 50.9 Å². The highest BCUT2D eigenvalue weighted by Gasteiger charge is 2.29. The van der Waals surface area contributed by atoms with Gasteiger partial charge in [0.1, 0.15) is 0 Å². The summed E-state index contributed by atoms with van der Waals surface area (Å²) in [7, 11) is -3.59. The molecule has 150 valence electrons. The van der Waals surface area contributed by atoms with Crippen molar-refractivity contribution in [2.24, 2.45) is 5.92 Å². The number of amides is 1. The average Bonchev–Trinajstić information content (AvgIpc) is 3.46. The monoisotopic (exact) mass is 393 g/mol. The lowest BCUT2D eigenvalue weighted by Gasteiger charge is -2.33. The van der Waals surface area contributed by atoms with Crippen molar-refractivity contribution in [3.63, 3.8) is 0 Å². The van der Waals surface area contributed by atoms with E-state index >= 15 is 0 Å². The number of nitrogens with zero attached hydrogens (tertiary/aromatic N) is 2. The summed E-state index contributed by atoms with van der Waals surface area (Å²) in [5, 5.41) is 3.02. The Kier molecular flexibility index (Phi) is 6.11. The third-order valence-electron chi connectivity index (χ3n) is 5.59. The van der Waals surface area contributed by atoms with Crippen molar-refractivity contribution in [3.05, 3.63) is 23.8 Å². The van der Waals surface area contributed by atoms with E-state index in [-0.39, 0.29) is 16.8 Å². The second-order valence-corrected chi connectivity index (χ2v) is 9.62. The minimum Gasteiger partial charge on any atom is -0.371 e. The number of anilines is 1. The van der Waals surface area contributed by atoms with Gasteiger partial charge in [0.25, 0.3) is 5.91 Å². The van der Waals surface area contributed by atoms with Crippen LogP contribution in [0.3, 0.4) is 0 Å². The van der Waals surface area contributed by atoms with Crippen LogP contribution in [0.15, 0.2) is 23.1 Å². The smallest absolute Gasteiger partial charge is 0.253 e. The van der Waals surface area contributed by atoms with Crippen LogP contribution < -0.4 is 10.2 Å². The first-order valence-electron chi connectivity index (χ1n) is 10.1. The number of hydrogen-bond donors (Lipinski definition) is 1. The van der Waals surface area contributed by atoms with E-state index < -0.39 is 10.0 Å². The Bertz CT molecular complexity index is 778. The molecular formula is C20H31N3O3S. The van der Waals surface area contributed by atoms with Crippen molar-refractivity contribution in [1.82, 2.24) is 9.62 Å². The fraction of sp³-hybridized carbons (Fsp3) is 0.650. The maximum atomic E-state index is 12.9. The molecule has 1 saturated heterocycles. The van der Waals surface area contributed by atoms with Gasteiger partial charge in [0, 0.05) is 37.9 Å². The number of carbonyl (C=O) groups excluding carboxylic acids is 1. The summed E-state index contributed by atoms with van der Waals surface area (Å²) in [6, 6.07) is 5.26. The zero-order valence-corrected chi connectivity index (χ0v) is 17.4. The summed E-state index contributed by atoms with van der Waals surface area (Å²) in [5.41, 5.74) is 1.32. The maximum Gasteiger partial charge on any atom is 0.253 e. The summed E-state index contributed by atoms with van der Waals surface area (Å²) in [6.07, 6.45) is 4.17. The molecule has 0 atom stereocenters. The lowest BCUT2D eigenvalue weighted by Crippen LogP contribution is -2.36. The molecule has 1 aliphatic heterocycles. The highest BCUT2D eigenvalue weighted by molar-refractivity contribution is 7.89. The standard InChI is InChI=1S/C20H31N3O3S/c1-4-23(5-2)27(25,26)17-8-9-19(22-12-10-15(3)11-13-22)18(14-17)20(24)21-16-6-7-16/h8-9,14-16H,4-7,10-13H2,1-3H3,(H,21,24). The van der Waals surface area contributed by atoms with Gasteiger partial charge >= 0.3 is 0 Å². The third-order valence-corrected chi connectivity index (χ3v) is 7.64. The van der Waals surface area contributed by atoms with Crippen LogP contribution in [0, 0.1) is 5.92 Å². The number of piperidine rings is 1. The fourth-order valence-corrected chi connectivity index (χ4v) is 5.07. The van der Waals surface area contributed by atoms with Gasteiger partial charge in [0.05, 0.1) is 10.5 Å². The summed E-state index contributed by atoms with van der Waals surface area (Å²) < 4.78 is 27.3. The lowest BCUT2D eigenvalue weighted by atomic mass is 9.98. The highest BCUT2D eigenvalue weighted by Crippen LogP contribution is 2.30. The molecule has 0 radical (unpaired) electrons. The minimum absolute atomic E-state index is 0.164. The SMILES string of the molecule is CCN(CC)S(=O)(=O)c1ccc(N2CCC(C)CC2)c(C(=O)NC2CC2)c1. The third kappa shape index (κ3) is 4.46. The molecular weight excluding hydrogens is 362 g/mol. The van der Waals surface area contributed by atoms with Crippen molar-refractivity contribution < 1.29 is 13.2 Å². The van der Waals surface area contributed by atoms with Crippen molar-refractivity contribution in [3.8, 4) is 0 Å². The molecule has 0 aromatic heterocycles. The van der Waals surface area contributed by atoms with E-state index in [4.69, 9.17) is 0 Å². The molecule has 2 fully saturated rings. The molecule has 1 aliphatic carbocycles. The molecule has 1 aromatic rings. The van der Waals surface area contributed by atoms with E-state index in [1.165, 1.54) is 4.31 Å². The quantitative estimate of drug-likeness (QED) is 0.773. The van der Waals surface area contributed by atoms with Gasteiger partial charge in [-0.2, -0.15) is 4.31 Å². The number of rotatable bonds is 7. The summed E-state index contributed by atoms with van der Waals surface area (Å²) >= 11 is 0. The Morgan fingerprint density at radius 1 is 1.15 bits per heavy atom. The number of benzene rings is 1. The predicted octanol–water partition coefficient (Wildman–Crippen LogP) is 2.85. The van der Waals surface area contributed by atoms with Crippen LogP contribution in [0.5, 0.6) is 0 Å². The van der Waals surface area contributed by atoms with Gasteiger partial charge in [0.15, 0.2) is 0 Å². The first-order chi connectivity index (χ1) is 12.9. The second kappa shape index (κ2) is 8.19. The maximum absolute atomic E-state index is 12.9. The molecule has 1 heterocycles. The van der Waals surface area contributed by atoms with Gasteiger partial charge in [-0.05, 0) is 49.8 Å². The molecule has 0 unspecified atom stereocenters. The average molecular weight is 394 g/mol. The van der Waals surface area contributed by atoms with Crippen molar-refractivity contribution in [2.75, 3.05) is 31.1 Å². The van der Waals surface area contributed by atoms with Crippen molar-refractivity contribution >= 4 is 21.6 Å². The van der Waals surface area contributed by atoms with E-state index in [2.05, 4.69) is 17.1 Å². The largest absolute Gasteiger partial charge is 0.371 e. The van der Waals surface area contributed by atoms with Gasteiger partial charge < -0.3 is 10.2 Å². The molecule has 2 aliphatic rings. The Morgan fingerprint density at radius 3 is 2.33 bits per heavy atom. The minimum atomic E-state index is -3.59.